The summed E-state index contributed by atoms with van der Waals surface area (Å²) < 4.78 is 5.06. The zero-order valence-corrected chi connectivity index (χ0v) is 10.3. The molecule has 1 rings (SSSR count). The Hall–Kier alpha value is -1.26. The van der Waals surface area contributed by atoms with Gasteiger partial charge in [0.15, 0.2) is 0 Å². The number of nitrogens with two attached hydrogens (primary N) is 1. The first-order valence-electron chi connectivity index (χ1n) is 4.78. The van der Waals surface area contributed by atoms with Crippen LogP contribution in [0.4, 0.5) is 11.4 Å². The van der Waals surface area contributed by atoms with Gasteiger partial charge in [-0.3, -0.25) is 4.79 Å². The number of methoxy groups -OCH3 is 1. The number of nitrogens with one attached hydrogen (secondary N) is 1. The van der Waals surface area contributed by atoms with Crippen LogP contribution in [0.5, 0.6) is 0 Å². The molecule has 16 heavy (non-hydrogen) atoms. The molecule has 0 radical (unpaired) electrons. The average molecular weight is 243 g/mol. The fourth-order valence-electron chi connectivity index (χ4n) is 0.998. The van der Waals surface area contributed by atoms with Crippen LogP contribution >= 0.6 is 11.6 Å². The van der Waals surface area contributed by atoms with Gasteiger partial charge in [-0.25, -0.2) is 0 Å². The van der Waals surface area contributed by atoms with E-state index < -0.39 is 5.60 Å². The van der Waals surface area contributed by atoms with Gasteiger partial charge in [-0.05, 0) is 32.0 Å². The number of hydrogen-bond donors (Lipinski definition) is 2. The summed E-state index contributed by atoms with van der Waals surface area (Å²) in [5.74, 6) is -0.262. The highest BCUT2D eigenvalue weighted by Crippen LogP contribution is 2.25. The fraction of sp³-hybridized carbons (Fsp3) is 0.364. The zero-order valence-electron chi connectivity index (χ0n) is 9.50. The molecule has 0 heterocycles. The van der Waals surface area contributed by atoms with Crippen molar-refractivity contribution in [2.24, 2.45) is 0 Å². The maximum atomic E-state index is 11.8. The van der Waals surface area contributed by atoms with Crippen LogP contribution < -0.4 is 11.1 Å². The fourth-order valence-corrected chi connectivity index (χ4v) is 1.23. The molecular weight excluding hydrogens is 228 g/mol. The second kappa shape index (κ2) is 4.72. The summed E-state index contributed by atoms with van der Waals surface area (Å²) in [5.41, 5.74) is 5.72. The monoisotopic (exact) mass is 242 g/mol. The van der Waals surface area contributed by atoms with Gasteiger partial charge in [0.25, 0.3) is 5.91 Å². The van der Waals surface area contributed by atoms with Crippen LogP contribution in [0, 0.1) is 0 Å². The molecule has 0 saturated carbocycles. The lowest BCUT2D eigenvalue weighted by Gasteiger charge is -2.22. The minimum absolute atomic E-state index is 0.262. The summed E-state index contributed by atoms with van der Waals surface area (Å²) in [7, 11) is 1.48. The second-order valence-electron chi connectivity index (χ2n) is 3.91. The third-order valence-electron chi connectivity index (χ3n) is 2.30. The number of anilines is 2. The van der Waals surface area contributed by atoms with Gasteiger partial charge in [-0.15, -0.1) is 0 Å². The SMILES string of the molecule is COC(C)(C)C(=O)Nc1ccc(N)cc1Cl. The van der Waals surface area contributed by atoms with Gasteiger partial charge < -0.3 is 15.8 Å². The van der Waals surface area contributed by atoms with Crippen molar-refractivity contribution < 1.29 is 9.53 Å². The zero-order chi connectivity index (χ0) is 12.3. The van der Waals surface area contributed by atoms with E-state index in [1.807, 2.05) is 0 Å². The highest BCUT2D eigenvalue weighted by molar-refractivity contribution is 6.34. The van der Waals surface area contributed by atoms with Gasteiger partial charge in [0.1, 0.15) is 5.60 Å². The van der Waals surface area contributed by atoms with Gasteiger partial charge in [0.2, 0.25) is 0 Å². The van der Waals surface area contributed by atoms with E-state index in [1.54, 1.807) is 32.0 Å². The normalized spacial score (nSPS) is 11.2. The Bertz CT molecular complexity index is 405. The summed E-state index contributed by atoms with van der Waals surface area (Å²) >= 11 is 5.93. The summed E-state index contributed by atoms with van der Waals surface area (Å²) in [6, 6.07) is 4.90. The average Bonchev–Trinajstić information content (AvgIpc) is 2.22. The summed E-state index contributed by atoms with van der Waals surface area (Å²) in [6.45, 7) is 3.35. The molecule has 1 aromatic carbocycles. The topological polar surface area (TPSA) is 64.3 Å². The largest absolute Gasteiger partial charge is 0.399 e. The second-order valence-corrected chi connectivity index (χ2v) is 4.32. The number of nitrogen functional groups attached to an aromatic ring is 1. The Morgan fingerprint density at radius 3 is 2.62 bits per heavy atom. The first-order valence-corrected chi connectivity index (χ1v) is 5.16. The van der Waals surface area contributed by atoms with Crippen molar-refractivity contribution in [1.82, 2.24) is 0 Å². The highest BCUT2D eigenvalue weighted by Gasteiger charge is 2.27. The van der Waals surface area contributed by atoms with E-state index in [0.717, 1.165) is 0 Å². The Morgan fingerprint density at radius 2 is 2.12 bits per heavy atom. The van der Waals surface area contributed by atoms with Crippen LogP contribution in [0.15, 0.2) is 18.2 Å². The van der Waals surface area contributed by atoms with E-state index in [2.05, 4.69) is 5.32 Å². The molecule has 0 aromatic heterocycles. The highest BCUT2D eigenvalue weighted by atomic mass is 35.5. The van der Waals surface area contributed by atoms with Crippen molar-refractivity contribution in [2.45, 2.75) is 19.4 Å². The number of carbonyl (C=O) groups is 1. The lowest BCUT2D eigenvalue weighted by atomic mass is 10.1. The van der Waals surface area contributed by atoms with E-state index in [-0.39, 0.29) is 5.91 Å². The van der Waals surface area contributed by atoms with Crippen LogP contribution in [0.1, 0.15) is 13.8 Å². The molecule has 0 spiro atoms. The van der Waals surface area contributed by atoms with Crippen molar-refractivity contribution in [2.75, 3.05) is 18.2 Å². The number of hydrogen-bond acceptors (Lipinski definition) is 3. The Balaban J connectivity index is 2.85. The van der Waals surface area contributed by atoms with Gasteiger partial charge in [-0.1, -0.05) is 11.6 Å². The number of carbonyl (C=O) groups excluding carboxylic acids is 1. The maximum absolute atomic E-state index is 11.8. The smallest absolute Gasteiger partial charge is 0.256 e. The molecule has 5 heteroatoms. The van der Waals surface area contributed by atoms with E-state index in [9.17, 15) is 4.79 Å². The molecule has 0 atom stereocenters. The van der Waals surface area contributed by atoms with E-state index >= 15 is 0 Å². The van der Waals surface area contributed by atoms with Crippen molar-refractivity contribution >= 4 is 28.9 Å². The molecule has 1 aromatic rings. The van der Waals surface area contributed by atoms with Crippen molar-refractivity contribution in [3.8, 4) is 0 Å². The number of halogens is 1. The number of rotatable bonds is 3. The standard InChI is InChI=1S/C11H15ClN2O2/c1-11(2,16-3)10(15)14-9-5-4-7(13)6-8(9)12/h4-6H,13H2,1-3H3,(H,14,15). The van der Waals surface area contributed by atoms with E-state index in [4.69, 9.17) is 22.1 Å². The van der Waals surface area contributed by atoms with Crippen LogP contribution in [0.3, 0.4) is 0 Å². The molecule has 0 unspecified atom stereocenters. The molecule has 0 aliphatic rings. The summed E-state index contributed by atoms with van der Waals surface area (Å²) in [4.78, 5) is 11.8. The van der Waals surface area contributed by atoms with E-state index in [0.29, 0.717) is 16.4 Å². The van der Waals surface area contributed by atoms with Crippen LogP contribution in [0.25, 0.3) is 0 Å². The molecule has 0 aliphatic carbocycles. The van der Waals surface area contributed by atoms with Gasteiger partial charge in [0, 0.05) is 12.8 Å². The van der Waals surface area contributed by atoms with Gasteiger partial charge in [-0.2, -0.15) is 0 Å². The first kappa shape index (κ1) is 12.8. The van der Waals surface area contributed by atoms with Crippen LogP contribution in [-0.2, 0) is 9.53 Å². The molecule has 3 N–H and O–H groups in total. The summed E-state index contributed by atoms with van der Waals surface area (Å²) in [6.07, 6.45) is 0. The minimum atomic E-state index is -0.898. The first-order chi connectivity index (χ1) is 7.36. The van der Waals surface area contributed by atoms with Crippen molar-refractivity contribution in [1.29, 1.82) is 0 Å². The quantitative estimate of drug-likeness (QED) is 0.800. The molecule has 0 bridgehead atoms. The van der Waals surface area contributed by atoms with E-state index in [1.165, 1.54) is 7.11 Å². The minimum Gasteiger partial charge on any atom is -0.399 e. The molecule has 1 amide bonds. The predicted octanol–water partition coefficient (Wildman–Crippen LogP) is 2.29. The predicted molar refractivity (Wildman–Crippen MR) is 65.6 cm³/mol. The number of amides is 1. The van der Waals surface area contributed by atoms with Crippen molar-refractivity contribution in [3.05, 3.63) is 23.2 Å². The Kier molecular flexibility index (Phi) is 3.78. The van der Waals surface area contributed by atoms with Crippen LogP contribution in [-0.4, -0.2) is 18.6 Å². The third-order valence-corrected chi connectivity index (χ3v) is 2.61. The lowest BCUT2D eigenvalue weighted by molar-refractivity contribution is -0.133. The van der Waals surface area contributed by atoms with Gasteiger partial charge in [0.05, 0.1) is 10.7 Å². The molecule has 4 nitrogen and oxygen atoms in total. The molecule has 88 valence electrons. The van der Waals surface area contributed by atoms with Crippen molar-refractivity contribution in [3.63, 3.8) is 0 Å². The maximum Gasteiger partial charge on any atom is 0.256 e. The van der Waals surface area contributed by atoms with Crippen LogP contribution in [0.2, 0.25) is 5.02 Å². The molecule has 0 fully saturated rings. The Morgan fingerprint density at radius 1 is 1.50 bits per heavy atom. The molecule has 0 aliphatic heterocycles. The number of ether oxygens (including phenoxy) is 1. The molecular formula is C11H15ClN2O2. The molecule has 0 saturated heterocycles. The third kappa shape index (κ3) is 2.87. The lowest BCUT2D eigenvalue weighted by Crippen LogP contribution is -2.38. The number of benzene rings is 1. The van der Waals surface area contributed by atoms with Gasteiger partial charge >= 0.3 is 0 Å². The summed E-state index contributed by atoms with van der Waals surface area (Å²) in [5, 5.41) is 3.08. The Labute approximate surface area is 99.7 Å².